The molecule has 0 unspecified atom stereocenters. The van der Waals surface area contributed by atoms with Crippen molar-refractivity contribution in [1.29, 1.82) is 0 Å². The first kappa shape index (κ1) is 10.8. The molecule has 0 aliphatic heterocycles. The molecule has 0 aliphatic rings. The molecule has 1 aromatic heterocycles. The van der Waals surface area contributed by atoms with Crippen LogP contribution in [0.25, 0.3) is 6.08 Å². The van der Waals surface area contributed by atoms with Gasteiger partial charge in [-0.3, -0.25) is 0 Å². The van der Waals surface area contributed by atoms with Crippen LogP contribution in [0.1, 0.15) is 5.76 Å². The van der Waals surface area contributed by atoms with Crippen molar-refractivity contribution in [1.82, 2.24) is 0 Å². The Balaban J connectivity index is 3.16. The van der Waals surface area contributed by atoms with Gasteiger partial charge in [-0.25, -0.2) is 9.59 Å². The van der Waals surface area contributed by atoms with Crippen LogP contribution in [-0.4, -0.2) is 23.3 Å². The standard InChI is InChI=1S/C9H8O6/c1-14-5-2-6(15-8(11)4-5)3-7(10)9(12)13/h2-4,10H,1H3,(H,12,13)/b7-3-. The zero-order chi connectivity index (χ0) is 11.4. The van der Waals surface area contributed by atoms with Gasteiger partial charge in [0, 0.05) is 12.1 Å². The summed E-state index contributed by atoms with van der Waals surface area (Å²) < 4.78 is 9.36. The molecule has 0 spiro atoms. The van der Waals surface area contributed by atoms with Crippen molar-refractivity contribution >= 4 is 12.0 Å². The number of rotatable bonds is 3. The number of carbonyl (C=O) groups is 1. The topological polar surface area (TPSA) is 97.0 Å². The van der Waals surface area contributed by atoms with Crippen molar-refractivity contribution < 1.29 is 24.2 Å². The maximum atomic E-state index is 10.9. The van der Waals surface area contributed by atoms with Crippen molar-refractivity contribution in [2.24, 2.45) is 0 Å². The molecule has 0 saturated heterocycles. The van der Waals surface area contributed by atoms with E-state index in [4.69, 9.17) is 14.9 Å². The van der Waals surface area contributed by atoms with E-state index in [0.717, 1.165) is 12.1 Å². The molecule has 6 heteroatoms. The number of ether oxygens (including phenoxy) is 1. The summed E-state index contributed by atoms with van der Waals surface area (Å²) in [6.07, 6.45) is 0.812. The maximum Gasteiger partial charge on any atom is 0.371 e. The average Bonchev–Trinajstić information content (AvgIpc) is 2.16. The van der Waals surface area contributed by atoms with Crippen LogP contribution in [0.15, 0.2) is 27.1 Å². The van der Waals surface area contributed by atoms with E-state index in [9.17, 15) is 9.59 Å². The SMILES string of the molecule is COc1cc(/C=C(\O)C(=O)O)oc(=O)c1. The monoisotopic (exact) mass is 212 g/mol. The van der Waals surface area contributed by atoms with Gasteiger partial charge < -0.3 is 19.4 Å². The van der Waals surface area contributed by atoms with Crippen LogP contribution in [0, 0.1) is 0 Å². The molecule has 0 fully saturated rings. The molecule has 1 rings (SSSR count). The minimum absolute atomic E-state index is 0.0979. The van der Waals surface area contributed by atoms with E-state index in [1.165, 1.54) is 13.2 Å². The van der Waals surface area contributed by atoms with Gasteiger partial charge in [0.15, 0.2) is 0 Å². The zero-order valence-corrected chi connectivity index (χ0v) is 7.76. The van der Waals surface area contributed by atoms with Crippen molar-refractivity contribution in [3.8, 4) is 5.75 Å². The van der Waals surface area contributed by atoms with E-state index in [0.29, 0.717) is 0 Å². The minimum Gasteiger partial charge on any atom is -0.502 e. The van der Waals surface area contributed by atoms with Crippen LogP contribution in [-0.2, 0) is 4.79 Å². The van der Waals surface area contributed by atoms with Gasteiger partial charge in [0.1, 0.15) is 11.5 Å². The summed E-state index contributed by atoms with van der Waals surface area (Å²) in [6.45, 7) is 0. The molecule has 15 heavy (non-hydrogen) atoms. The number of hydrogen-bond donors (Lipinski definition) is 2. The number of aliphatic hydroxyl groups excluding tert-OH is 1. The fraction of sp³-hybridized carbons (Fsp3) is 0.111. The van der Waals surface area contributed by atoms with Gasteiger partial charge in [-0.15, -0.1) is 0 Å². The molecule has 1 aromatic rings. The molecule has 6 nitrogen and oxygen atoms in total. The van der Waals surface area contributed by atoms with Crippen LogP contribution in [0.3, 0.4) is 0 Å². The minimum atomic E-state index is -1.51. The molecule has 2 N–H and O–H groups in total. The molecule has 0 radical (unpaired) electrons. The summed E-state index contributed by atoms with van der Waals surface area (Å²) in [6, 6.07) is 2.37. The highest BCUT2D eigenvalue weighted by Gasteiger charge is 2.06. The third kappa shape index (κ3) is 2.87. The molecule has 80 valence electrons. The van der Waals surface area contributed by atoms with Gasteiger partial charge >= 0.3 is 11.6 Å². The second-order valence-electron chi connectivity index (χ2n) is 2.55. The highest BCUT2D eigenvalue weighted by molar-refractivity contribution is 5.88. The lowest BCUT2D eigenvalue weighted by Crippen LogP contribution is -2.01. The molecular formula is C9H8O6. The van der Waals surface area contributed by atoms with Crippen molar-refractivity contribution in [2.75, 3.05) is 7.11 Å². The largest absolute Gasteiger partial charge is 0.502 e. The predicted octanol–water partition coefficient (Wildman–Crippen LogP) is 0.632. The molecule has 0 bridgehead atoms. The number of carboxylic acid groups (broad SMARTS) is 1. The van der Waals surface area contributed by atoms with Gasteiger partial charge in [0.05, 0.1) is 13.2 Å². The van der Waals surface area contributed by atoms with E-state index >= 15 is 0 Å². The third-order valence-corrected chi connectivity index (χ3v) is 1.50. The maximum absolute atomic E-state index is 10.9. The number of hydrogen-bond acceptors (Lipinski definition) is 5. The fourth-order valence-electron chi connectivity index (χ4n) is 0.859. The smallest absolute Gasteiger partial charge is 0.371 e. The van der Waals surface area contributed by atoms with Crippen LogP contribution in [0.5, 0.6) is 5.75 Å². The van der Waals surface area contributed by atoms with E-state index in [1.807, 2.05) is 0 Å². The normalized spacial score (nSPS) is 11.1. The quantitative estimate of drug-likeness (QED) is 0.563. The summed E-state index contributed by atoms with van der Waals surface area (Å²) in [5, 5.41) is 17.3. The third-order valence-electron chi connectivity index (χ3n) is 1.50. The number of aliphatic carboxylic acids is 1. The summed E-state index contributed by atoms with van der Waals surface area (Å²) in [5.74, 6) is -2.32. The first-order valence-electron chi connectivity index (χ1n) is 3.86. The van der Waals surface area contributed by atoms with Crippen LogP contribution in [0.4, 0.5) is 0 Å². The first-order chi connectivity index (χ1) is 7.02. The Morgan fingerprint density at radius 3 is 2.67 bits per heavy atom. The summed E-state index contributed by atoms with van der Waals surface area (Å²) in [4.78, 5) is 21.2. The first-order valence-corrected chi connectivity index (χ1v) is 3.86. The summed E-state index contributed by atoms with van der Waals surface area (Å²) in [5.41, 5.74) is -0.696. The Kier molecular flexibility index (Phi) is 3.12. The molecule has 1 heterocycles. The lowest BCUT2D eigenvalue weighted by Gasteiger charge is -1.98. The van der Waals surface area contributed by atoms with Crippen molar-refractivity contribution in [3.63, 3.8) is 0 Å². The number of carboxylic acids is 1. The van der Waals surface area contributed by atoms with E-state index in [1.54, 1.807) is 0 Å². The number of aliphatic hydroxyl groups is 1. The second kappa shape index (κ2) is 4.32. The Labute approximate surface area is 84.0 Å². The molecule has 0 aliphatic carbocycles. The van der Waals surface area contributed by atoms with E-state index in [-0.39, 0.29) is 11.5 Å². The van der Waals surface area contributed by atoms with E-state index in [2.05, 4.69) is 4.42 Å². The van der Waals surface area contributed by atoms with Gasteiger partial charge in [-0.1, -0.05) is 0 Å². The van der Waals surface area contributed by atoms with Crippen molar-refractivity contribution in [2.45, 2.75) is 0 Å². The lowest BCUT2D eigenvalue weighted by atomic mass is 10.3. The Morgan fingerprint density at radius 2 is 2.13 bits per heavy atom. The Morgan fingerprint density at radius 1 is 1.47 bits per heavy atom. The van der Waals surface area contributed by atoms with Gasteiger partial charge in [0.2, 0.25) is 5.76 Å². The lowest BCUT2D eigenvalue weighted by molar-refractivity contribution is -0.135. The van der Waals surface area contributed by atoms with Gasteiger partial charge in [-0.05, 0) is 0 Å². The fourth-order valence-corrected chi connectivity index (χ4v) is 0.859. The summed E-state index contributed by atoms with van der Waals surface area (Å²) in [7, 11) is 1.35. The van der Waals surface area contributed by atoms with Gasteiger partial charge in [0.25, 0.3) is 0 Å². The van der Waals surface area contributed by atoms with Gasteiger partial charge in [-0.2, -0.15) is 0 Å². The highest BCUT2D eigenvalue weighted by Crippen LogP contribution is 2.11. The number of methoxy groups -OCH3 is 1. The average molecular weight is 212 g/mol. The van der Waals surface area contributed by atoms with Crippen LogP contribution >= 0.6 is 0 Å². The molecule has 0 saturated carbocycles. The summed E-state index contributed by atoms with van der Waals surface area (Å²) >= 11 is 0. The van der Waals surface area contributed by atoms with Crippen molar-refractivity contribution in [3.05, 3.63) is 34.1 Å². The second-order valence-corrected chi connectivity index (χ2v) is 2.55. The Hall–Kier alpha value is -2.24. The van der Waals surface area contributed by atoms with E-state index < -0.39 is 17.4 Å². The van der Waals surface area contributed by atoms with Crippen LogP contribution < -0.4 is 10.4 Å². The van der Waals surface area contributed by atoms with Crippen LogP contribution in [0.2, 0.25) is 0 Å². The molecular weight excluding hydrogens is 204 g/mol. The predicted molar refractivity (Wildman–Crippen MR) is 49.8 cm³/mol. The molecule has 0 atom stereocenters. The highest BCUT2D eigenvalue weighted by atomic mass is 16.5. The molecule has 0 aromatic carbocycles. The molecule has 0 amide bonds. The Bertz CT molecular complexity index is 456. The zero-order valence-electron chi connectivity index (χ0n) is 7.76.